The number of hydrogen-bond acceptors (Lipinski definition) is 4. The first kappa shape index (κ1) is 18.5. The van der Waals surface area contributed by atoms with Gasteiger partial charge >= 0.3 is 0 Å². The van der Waals surface area contributed by atoms with Crippen LogP contribution in [0.25, 0.3) is 0 Å². The maximum absolute atomic E-state index is 13.0. The van der Waals surface area contributed by atoms with Gasteiger partial charge in [-0.3, -0.25) is 14.8 Å². The summed E-state index contributed by atoms with van der Waals surface area (Å²) in [5, 5.41) is 0. The lowest BCUT2D eigenvalue weighted by molar-refractivity contribution is -0.133. The van der Waals surface area contributed by atoms with Gasteiger partial charge in [-0.25, -0.2) is 0 Å². The van der Waals surface area contributed by atoms with Crippen LogP contribution in [0.2, 0.25) is 0 Å². The maximum atomic E-state index is 13.0. The molecular weight excluding hydrogens is 324 g/mol. The topological polar surface area (TPSA) is 72.1 Å². The van der Waals surface area contributed by atoms with Crippen molar-refractivity contribution >= 4 is 5.91 Å². The van der Waals surface area contributed by atoms with Gasteiger partial charge in [0, 0.05) is 23.9 Å². The summed E-state index contributed by atoms with van der Waals surface area (Å²) in [4.78, 5) is 24.0. The van der Waals surface area contributed by atoms with Gasteiger partial charge in [0.2, 0.25) is 5.91 Å². The van der Waals surface area contributed by atoms with Crippen LogP contribution in [0.5, 0.6) is 0 Å². The van der Waals surface area contributed by atoms with E-state index in [0.29, 0.717) is 25.4 Å². The summed E-state index contributed by atoms with van der Waals surface area (Å²) in [5.41, 5.74) is 9.90. The number of rotatable bonds is 6. The third kappa shape index (κ3) is 4.88. The minimum Gasteiger partial charge on any atom is -0.331 e. The van der Waals surface area contributed by atoms with Crippen LogP contribution >= 0.6 is 0 Å². The normalized spacial score (nSPS) is 19.5. The number of nitrogens with zero attached hydrogens (tertiary/aromatic N) is 3. The van der Waals surface area contributed by atoms with Crippen LogP contribution in [0.4, 0.5) is 0 Å². The number of amides is 1. The zero-order valence-corrected chi connectivity index (χ0v) is 15.7. The standard InChI is InChI=1S/C21H28N4O/c1-15-6-3-9-18(23-15)13-25(14-19-10-4-7-16(2)24-19)21(26)12-17-8-5-11-20(17)22/h3-4,6-7,9-10,17,20H,5,8,11-14,22H2,1-2H3/t17-,20+/m0/s1. The maximum Gasteiger partial charge on any atom is 0.223 e. The summed E-state index contributed by atoms with van der Waals surface area (Å²) in [6.07, 6.45) is 3.71. The lowest BCUT2D eigenvalue weighted by atomic mass is 9.99. The molecule has 138 valence electrons. The van der Waals surface area contributed by atoms with Crippen molar-refractivity contribution < 1.29 is 4.79 Å². The van der Waals surface area contributed by atoms with E-state index in [1.165, 1.54) is 0 Å². The Kier molecular flexibility index (Phi) is 5.99. The van der Waals surface area contributed by atoms with Gasteiger partial charge in [0.1, 0.15) is 0 Å². The molecule has 0 unspecified atom stereocenters. The lowest BCUT2D eigenvalue weighted by Gasteiger charge is -2.25. The molecular formula is C21H28N4O. The highest BCUT2D eigenvalue weighted by Gasteiger charge is 2.28. The van der Waals surface area contributed by atoms with Crippen LogP contribution in [0.1, 0.15) is 48.5 Å². The lowest BCUT2D eigenvalue weighted by Crippen LogP contribution is -2.35. The van der Waals surface area contributed by atoms with E-state index in [4.69, 9.17) is 5.73 Å². The largest absolute Gasteiger partial charge is 0.331 e. The number of carbonyl (C=O) groups is 1. The predicted octanol–water partition coefficient (Wildman–Crippen LogP) is 3.14. The molecule has 0 spiro atoms. The van der Waals surface area contributed by atoms with Crippen LogP contribution < -0.4 is 5.73 Å². The van der Waals surface area contributed by atoms with E-state index in [0.717, 1.165) is 42.0 Å². The van der Waals surface area contributed by atoms with E-state index in [1.807, 2.05) is 55.1 Å². The summed E-state index contributed by atoms with van der Waals surface area (Å²) in [6.45, 7) is 4.93. The highest BCUT2D eigenvalue weighted by Crippen LogP contribution is 2.28. The first-order chi connectivity index (χ1) is 12.5. The van der Waals surface area contributed by atoms with E-state index in [1.54, 1.807) is 0 Å². The molecule has 1 aliphatic carbocycles. The SMILES string of the molecule is Cc1cccc(CN(Cc2cccc(C)n2)C(=O)C[C@@H]2CCC[C@H]2N)n1. The fraction of sp³-hybridized carbons (Fsp3) is 0.476. The van der Waals surface area contributed by atoms with E-state index in [9.17, 15) is 4.79 Å². The van der Waals surface area contributed by atoms with E-state index < -0.39 is 0 Å². The Bertz CT molecular complexity index is 714. The smallest absolute Gasteiger partial charge is 0.223 e. The Morgan fingerprint density at radius 2 is 1.62 bits per heavy atom. The molecule has 0 aromatic carbocycles. The molecule has 2 N–H and O–H groups in total. The van der Waals surface area contributed by atoms with E-state index >= 15 is 0 Å². The quantitative estimate of drug-likeness (QED) is 0.867. The summed E-state index contributed by atoms with van der Waals surface area (Å²) < 4.78 is 0. The van der Waals surface area contributed by atoms with Crippen molar-refractivity contribution in [2.24, 2.45) is 11.7 Å². The van der Waals surface area contributed by atoms with Gasteiger partial charge in [-0.15, -0.1) is 0 Å². The number of aromatic nitrogens is 2. The van der Waals surface area contributed by atoms with Crippen molar-refractivity contribution in [1.82, 2.24) is 14.9 Å². The fourth-order valence-electron chi connectivity index (χ4n) is 3.67. The molecule has 3 rings (SSSR count). The van der Waals surface area contributed by atoms with Gasteiger partial charge in [-0.05, 0) is 56.9 Å². The van der Waals surface area contributed by atoms with Crippen LogP contribution in [0.3, 0.4) is 0 Å². The van der Waals surface area contributed by atoms with Crippen LogP contribution in [-0.2, 0) is 17.9 Å². The van der Waals surface area contributed by atoms with Crippen molar-refractivity contribution in [1.29, 1.82) is 0 Å². The molecule has 1 aliphatic rings. The van der Waals surface area contributed by atoms with Crippen molar-refractivity contribution in [3.8, 4) is 0 Å². The van der Waals surface area contributed by atoms with E-state index in [2.05, 4.69) is 9.97 Å². The average molecular weight is 352 g/mol. The number of nitrogens with two attached hydrogens (primary N) is 1. The van der Waals surface area contributed by atoms with Gasteiger partial charge in [0.25, 0.3) is 0 Å². The molecule has 26 heavy (non-hydrogen) atoms. The summed E-state index contributed by atoms with van der Waals surface area (Å²) in [5.74, 6) is 0.430. The third-order valence-corrected chi connectivity index (χ3v) is 5.11. The molecule has 2 aromatic heterocycles. The van der Waals surface area contributed by atoms with Crippen molar-refractivity contribution in [3.63, 3.8) is 0 Å². The molecule has 0 radical (unpaired) electrons. The van der Waals surface area contributed by atoms with E-state index in [-0.39, 0.29) is 11.9 Å². The van der Waals surface area contributed by atoms with Gasteiger partial charge < -0.3 is 10.6 Å². The van der Waals surface area contributed by atoms with Gasteiger partial charge in [-0.2, -0.15) is 0 Å². The molecule has 5 heteroatoms. The van der Waals surface area contributed by atoms with Gasteiger partial charge in [-0.1, -0.05) is 18.6 Å². The molecule has 0 bridgehead atoms. The summed E-state index contributed by atoms with van der Waals surface area (Å²) in [6, 6.07) is 12.0. The first-order valence-corrected chi connectivity index (χ1v) is 9.39. The highest BCUT2D eigenvalue weighted by atomic mass is 16.2. The molecule has 2 aromatic rings. The van der Waals surface area contributed by atoms with Crippen LogP contribution in [0.15, 0.2) is 36.4 Å². The van der Waals surface area contributed by atoms with Crippen molar-refractivity contribution in [2.75, 3.05) is 0 Å². The zero-order valence-electron chi connectivity index (χ0n) is 15.7. The number of aryl methyl sites for hydroxylation is 2. The minimum atomic E-state index is 0.138. The van der Waals surface area contributed by atoms with Crippen molar-refractivity contribution in [2.45, 2.75) is 58.7 Å². The predicted molar refractivity (Wildman–Crippen MR) is 102 cm³/mol. The molecule has 2 heterocycles. The summed E-state index contributed by atoms with van der Waals surface area (Å²) >= 11 is 0. The minimum absolute atomic E-state index is 0.138. The Morgan fingerprint density at radius 1 is 1.04 bits per heavy atom. The average Bonchev–Trinajstić information content (AvgIpc) is 2.99. The Hall–Kier alpha value is -2.27. The Balaban J connectivity index is 1.76. The second-order valence-corrected chi connectivity index (χ2v) is 7.35. The zero-order chi connectivity index (χ0) is 18.5. The molecule has 5 nitrogen and oxygen atoms in total. The van der Waals surface area contributed by atoms with Gasteiger partial charge in [0.15, 0.2) is 0 Å². The fourth-order valence-corrected chi connectivity index (χ4v) is 3.67. The second kappa shape index (κ2) is 8.41. The molecule has 0 saturated heterocycles. The molecule has 2 atom stereocenters. The summed E-state index contributed by atoms with van der Waals surface area (Å²) in [7, 11) is 0. The first-order valence-electron chi connectivity index (χ1n) is 9.39. The number of hydrogen-bond donors (Lipinski definition) is 1. The highest BCUT2D eigenvalue weighted by molar-refractivity contribution is 5.76. The Morgan fingerprint density at radius 3 is 2.08 bits per heavy atom. The van der Waals surface area contributed by atoms with Crippen molar-refractivity contribution in [3.05, 3.63) is 59.2 Å². The van der Waals surface area contributed by atoms with Crippen LogP contribution in [0, 0.1) is 19.8 Å². The third-order valence-electron chi connectivity index (χ3n) is 5.11. The molecule has 1 saturated carbocycles. The number of carbonyl (C=O) groups excluding carboxylic acids is 1. The molecule has 1 amide bonds. The number of pyridine rings is 2. The monoisotopic (exact) mass is 352 g/mol. The Labute approximate surface area is 155 Å². The van der Waals surface area contributed by atoms with Gasteiger partial charge in [0.05, 0.1) is 24.5 Å². The molecule has 0 aliphatic heterocycles. The van der Waals surface area contributed by atoms with Crippen LogP contribution in [-0.4, -0.2) is 26.8 Å². The second-order valence-electron chi connectivity index (χ2n) is 7.35. The molecule has 1 fully saturated rings.